The van der Waals surface area contributed by atoms with Crippen molar-refractivity contribution in [2.75, 3.05) is 18.5 Å². The molecule has 0 bridgehead atoms. The Kier molecular flexibility index (Phi) is 8.69. The predicted octanol–water partition coefficient (Wildman–Crippen LogP) is 6.52. The Balaban J connectivity index is 1.37. The summed E-state index contributed by atoms with van der Waals surface area (Å²) >= 11 is 6.02. The van der Waals surface area contributed by atoms with Gasteiger partial charge in [0.05, 0.1) is 31.6 Å². The molecule has 8 heteroatoms. The number of ether oxygens (including phenoxy) is 3. The van der Waals surface area contributed by atoms with Crippen molar-refractivity contribution in [1.29, 1.82) is 0 Å². The number of hydrogen-bond donors (Lipinski definition) is 1. The second-order valence-electron chi connectivity index (χ2n) is 8.43. The summed E-state index contributed by atoms with van der Waals surface area (Å²) in [6, 6.07) is 18.7. The zero-order valence-corrected chi connectivity index (χ0v) is 21.9. The predicted molar refractivity (Wildman–Crippen MR) is 145 cm³/mol. The molecule has 1 N–H and O–H groups in total. The van der Waals surface area contributed by atoms with Crippen LogP contribution in [0.2, 0.25) is 5.02 Å². The Morgan fingerprint density at radius 2 is 1.70 bits per heavy atom. The lowest BCUT2D eigenvalue weighted by molar-refractivity contribution is 0.102. The molecule has 0 spiro atoms. The maximum atomic E-state index is 12.9. The van der Waals surface area contributed by atoms with Crippen LogP contribution in [0.15, 0.2) is 73.1 Å². The highest BCUT2D eigenvalue weighted by Crippen LogP contribution is 2.29. The van der Waals surface area contributed by atoms with Crippen LogP contribution in [-0.4, -0.2) is 28.9 Å². The van der Waals surface area contributed by atoms with Gasteiger partial charge in [-0.15, -0.1) is 0 Å². The number of amides is 1. The summed E-state index contributed by atoms with van der Waals surface area (Å²) in [5.41, 5.74) is 4.00. The largest absolute Gasteiger partial charge is 0.490 e. The molecule has 0 saturated carbocycles. The fraction of sp³-hybridized carbons (Fsp3) is 0.241. The molecule has 1 amide bonds. The van der Waals surface area contributed by atoms with Gasteiger partial charge in [-0.1, -0.05) is 29.8 Å². The number of halogens is 1. The zero-order valence-electron chi connectivity index (χ0n) is 21.2. The van der Waals surface area contributed by atoms with Gasteiger partial charge < -0.3 is 19.5 Å². The Morgan fingerprint density at radius 1 is 0.919 bits per heavy atom. The number of hydrogen-bond acceptors (Lipinski definition) is 5. The summed E-state index contributed by atoms with van der Waals surface area (Å²) in [4.78, 5) is 12.9. The lowest BCUT2D eigenvalue weighted by atomic mass is 10.1. The lowest BCUT2D eigenvalue weighted by Gasteiger charge is -2.12. The van der Waals surface area contributed by atoms with E-state index in [-0.39, 0.29) is 5.91 Å². The molecule has 1 aromatic heterocycles. The van der Waals surface area contributed by atoms with Gasteiger partial charge in [-0.3, -0.25) is 9.48 Å². The number of anilines is 1. The van der Waals surface area contributed by atoms with Crippen LogP contribution in [0.1, 0.15) is 40.9 Å². The minimum Gasteiger partial charge on any atom is -0.490 e. The van der Waals surface area contributed by atoms with E-state index in [1.165, 1.54) is 0 Å². The normalized spacial score (nSPS) is 10.7. The molecule has 0 aliphatic rings. The number of nitrogens with one attached hydrogen (secondary N) is 1. The quantitative estimate of drug-likeness (QED) is 0.244. The summed E-state index contributed by atoms with van der Waals surface area (Å²) in [6.07, 6.45) is 3.43. The van der Waals surface area contributed by atoms with Crippen LogP contribution in [0.4, 0.5) is 5.69 Å². The van der Waals surface area contributed by atoms with Crippen LogP contribution in [0, 0.1) is 6.92 Å². The summed E-state index contributed by atoms with van der Waals surface area (Å²) in [6.45, 7) is 7.81. The van der Waals surface area contributed by atoms with Crippen molar-refractivity contribution in [2.24, 2.45) is 0 Å². The number of rotatable bonds is 11. The molecule has 0 saturated heterocycles. The molecule has 7 nitrogen and oxygen atoms in total. The van der Waals surface area contributed by atoms with E-state index in [4.69, 9.17) is 25.8 Å². The van der Waals surface area contributed by atoms with Gasteiger partial charge in [-0.25, -0.2) is 0 Å². The Labute approximate surface area is 221 Å². The molecular weight excluding hydrogens is 490 g/mol. The highest BCUT2D eigenvalue weighted by Gasteiger charge is 2.11. The van der Waals surface area contributed by atoms with E-state index in [0.717, 1.165) is 28.2 Å². The number of benzene rings is 3. The molecule has 4 rings (SSSR count). The van der Waals surface area contributed by atoms with Crippen LogP contribution in [0.25, 0.3) is 0 Å². The lowest BCUT2D eigenvalue weighted by Crippen LogP contribution is -2.12. The maximum Gasteiger partial charge on any atom is 0.255 e. The van der Waals surface area contributed by atoms with Crippen LogP contribution >= 0.6 is 11.6 Å². The van der Waals surface area contributed by atoms with E-state index >= 15 is 0 Å². The van der Waals surface area contributed by atoms with Crippen LogP contribution in [-0.2, 0) is 13.2 Å². The minimum absolute atomic E-state index is 0.219. The van der Waals surface area contributed by atoms with Gasteiger partial charge in [0.25, 0.3) is 5.91 Å². The summed E-state index contributed by atoms with van der Waals surface area (Å²) in [5, 5.41) is 7.97. The molecule has 1 heterocycles. The molecule has 0 radical (unpaired) electrons. The highest BCUT2D eigenvalue weighted by atomic mass is 35.5. The van der Waals surface area contributed by atoms with E-state index in [0.29, 0.717) is 48.4 Å². The van der Waals surface area contributed by atoms with Gasteiger partial charge >= 0.3 is 0 Å². The second kappa shape index (κ2) is 12.3. The van der Waals surface area contributed by atoms with Crippen molar-refractivity contribution in [3.05, 3.63) is 100 Å². The first kappa shape index (κ1) is 26.1. The van der Waals surface area contributed by atoms with E-state index < -0.39 is 0 Å². The van der Waals surface area contributed by atoms with Crippen molar-refractivity contribution < 1.29 is 19.0 Å². The molecule has 0 aliphatic carbocycles. The second-order valence-corrected chi connectivity index (χ2v) is 8.86. The smallest absolute Gasteiger partial charge is 0.255 e. The average Bonchev–Trinajstić information content (AvgIpc) is 3.32. The average molecular weight is 520 g/mol. The first-order valence-corrected chi connectivity index (χ1v) is 12.5. The molecule has 37 heavy (non-hydrogen) atoms. The SMILES string of the molecule is CCOc1ccc(Cn2cc(NC(=O)c3cccc(COc4ccc(Cl)cc4C)c3)cn2)cc1OCC. The van der Waals surface area contributed by atoms with Crippen molar-refractivity contribution in [1.82, 2.24) is 9.78 Å². The molecule has 4 aromatic rings. The number of aryl methyl sites for hydroxylation is 1. The van der Waals surface area contributed by atoms with Crippen LogP contribution in [0.3, 0.4) is 0 Å². The van der Waals surface area contributed by atoms with Gasteiger partial charge in [0.1, 0.15) is 12.4 Å². The third kappa shape index (κ3) is 7.05. The fourth-order valence-corrected chi connectivity index (χ4v) is 4.06. The van der Waals surface area contributed by atoms with Crippen molar-refractivity contribution in [2.45, 2.75) is 33.9 Å². The van der Waals surface area contributed by atoms with Gasteiger partial charge in [0, 0.05) is 16.8 Å². The van der Waals surface area contributed by atoms with E-state index in [2.05, 4.69) is 10.4 Å². The highest BCUT2D eigenvalue weighted by molar-refractivity contribution is 6.30. The van der Waals surface area contributed by atoms with Gasteiger partial charge in [-0.2, -0.15) is 5.10 Å². The number of carbonyl (C=O) groups is 1. The first-order chi connectivity index (χ1) is 17.9. The number of nitrogens with zero attached hydrogens (tertiary/aromatic N) is 2. The molecule has 0 aliphatic heterocycles. The molecule has 0 unspecified atom stereocenters. The minimum atomic E-state index is -0.219. The summed E-state index contributed by atoms with van der Waals surface area (Å²) in [5.74, 6) is 1.96. The Morgan fingerprint density at radius 3 is 2.49 bits per heavy atom. The number of aromatic nitrogens is 2. The molecular formula is C29H30ClN3O4. The Hall–Kier alpha value is -3.97. The van der Waals surface area contributed by atoms with E-state index in [1.54, 1.807) is 29.2 Å². The van der Waals surface area contributed by atoms with Gasteiger partial charge in [0.2, 0.25) is 0 Å². The summed E-state index contributed by atoms with van der Waals surface area (Å²) < 4.78 is 19.0. The van der Waals surface area contributed by atoms with Crippen molar-refractivity contribution in [3.63, 3.8) is 0 Å². The van der Waals surface area contributed by atoms with Crippen molar-refractivity contribution >= 4 is 23.2 Å². The van der Waals surface area contributed by atoms with Crippen LogP contribution in [0.5, 0.6) is 17.2 Å². The maximum absolute atomic E-state index is 12.9. The third-order valence-electron chi connectivity index (χ3n) is 5.56. The zero-order chi connectivity index (χ0) is 26.2. The summed E-state index contributed by atoms with van der Waals surface area (Å²) in [7, 11) is 0. The number of carbonyl (C=O) groups excluding carboxylic acids is 1. The third-order valence-corrected chi connectivity index (χ3v) is 5.80. The van der Waals surface area contributed by atoms with E-state index in [9.17, 15) is 4.79 Å². The fourth-order valence-electron chi connectivity index (χ4n) is 3.84. The molecule has 3 aromatic carbocycles. The van der Waals surface area contributed by atoms with E-state index in [1.807, 2.05) is 69.3 Å². The van der Waals surface area contributed by atoms with Crippen LogP contribution < -0.4 is 19.5 Å². The molecule has 192 valence electrons. The van der Waals surface area contributed by atoms with Crippen molar-refractivity contribution in [3.8, 4) is 17.2 Å². The van der Waals surface area contributed by atoms with Gasteiger partial charge in [0.15, 0.2) is 11.5 Å². The molecule has 0 atom stereocenters. The monoisotopic (exact) mass is 519 g/mol. The standard InChI is InChI=1S/C29H30ClN3O4/c1-4-35-27-11-9-21(15-28(27)36-5-2)17-33-18-25(16-31-33)32-29(34)23-8-6-7-22(14-23)19-37-26-12-10-24(30)13-20(26)3/h6-16,18H,4-5,17,19H2,1-3H3,(H,32,34). The topological polar surface area (TPSA) is 74.6 Å². The molecule has 0 fully saturated rings. The first-order valence-electron chi connectivity index (χ1n) is 12.2. The Bertz CT molecular complexity index is 1370. The van der Waals surface area contributed by atoms with Gasteiger partial charge in [-0.05, 0) is 79.9 Å².